The molecule has 0 aliphatic heterocycles. The topological polar surface area (TPSA) is 71.1 Å². The third-order valence-corrected chi connectivity index (χ3v) is 3.02. The number of rotatable bonds is 6. The first kappa shape index (κ1) is 17.1. The van der Waals surface area contributed by atoms with Crippen LogP contribution in [0.15, 0.2) is 18.3 Å². The Morgan fingerprint density at radius 2 is 1.86 bits per heavy atom. The molecule has 1 aromatic heterocycles. The number of nitrogens with zero attached hydrogens (tertiary/aromatic N) is 1. The van der Waals surface area contributed by atoms with Crippen molar-refractivity contribution in [3.05, 3.63) is 23.9 Å². The molecule has 1 aromatic rings. The van der Waals surface area contributed by atoms with Crippen molar-refractivity contribution < 1.29 is 9.59 Å². The van der Waals surface area contributed by atoms with E-state index in [1.807, 2.05) is 40.7 Å². The summed E-state index contributed by atoms with van der Waals surface area (Å²) < 4.78 is 0. The summed E-state index contributed by atoms with van der Waals surface area (Å²) in [5, 5.41) is 5.54. The first-order valence-electron chi connectivity index (χ1n) is 7.32. The lowest BCUT2D eigenvalue weighted by atomic mass is 10.0. The molecule has 2 amide bonds. The van der Waals surface area contributed by atoms with Gasteiger partial charge in [0.1, 0.15) is 11.9 Å². The maximum atomic E-state index is 12.3. The second-order valence-electron chi connectivity index (χ2n) is 6.10. The number of carbonyl (C=O) groups is 2. The molecule has 1 atom stereocenters. The number of pyridine rings is 1. The van der Waals surface area contributed by atoms with Crippen molar-refractivity contribution in [2.45, 2.75) is 47.1 Å². The molecule has 5 heteroatoms. The second-order valence-corrected chi connectivity index (χ2v) is 6.10. The van der Waals surface area contributed by atoms with Crippen molar-refractivity contribution in [1.29, 1.82) is 0 Å². The zero-order chi connectivity index (χ0) is 16.0. The van der Waals surface area contributed by atoms with Crippen LogP contribution in [-0.4, -0.2) is 22.8 Å². The quantitative estimate of drug-likeness (QED) is 0.846. The summed E-state index contributed by atoms with van der Waals surface area (Å²) in [6.45, 7) is 9.69. The van der Waals surface area contributed by atoms with Crippen LogP contribution in [0.2, 0.25) is 0 Å². The van der Waals surface area contributed by atoms with Crippen LogP contribution < -0.4 is 10.6 Å². The van der Waals surface area contributed by atoms with Crippen molar-refractivity contribution >= 4 is 17.6 Å². The van der Waals surface area contributed by atoms with E-state index in [4.69, 9.17) is 0 Å². The Morgan fingerprint density at radius 1 is 1.19 bits per heavy atom. The van der Waals surface area contributed by atoms with Gasteiger partial charge in [-0.2, -0.15) is 0 Å². The maximum absolute atomic E-state index is 12.3. The monoisotopic (exact) mass is 291 g/mol. The molecule has 0 aromatic carbocycles. The number of aryl methyl sites for hydroxylation is 1. The summed E-state index contributed by atoms with van der Waals surface area (Å²) in [6, 6.07) is 3.07. The Balaban J connectivity index is 2.69. The van der Waals surface area contributed by atoms with Gasteiger partial charge in [0.05, 0.1) is 0 Å². The summed E-state index contributed by atoms with van der Waals surface area (Å²) in [5.74, 6) is 0.426. The lowest BCUT2D eigenvalue weighted by Crippen LogP contribution is -2.47. The summed E-state index contributed by atoms with van der Waals surface area (Å²) in [5.41, 5.74) is 1.03. The molecule has 1 rings (SSSR count). The van der Waals surface area contributed by atoms with Gasteiger partial charge in [0.2, 0.25) is 11.8 Å². The van der Waals surface area contributed by atoms with E-state index in [1.54, 1.807) is 12.3 Å². The van der Waals surface area contributed by atoms with Crippen LogP contribution in [0, 0.1) is 18.8 Å². The molecule has 116 valence electrons. The molecule has 0 aliphatic rings. The van der Waals surface area contributed by atoms with E-state index >= 15 is 0 Å². The molecule has 0 saturated carbocycles. The number of carbonyl (C=O) groups excluding carboxylic acids is 2. The van der Waals surface area contributed by atoms with E-state index in [2.05, 4.69) is 15.6 Å². The highest BCUT2D eigenvalue weighted by atomic mass is 16.2. The molecular formula is C16H25N3O2. The maximum Gasteiger partial charge on any atom is 0.248 e. The van der Waals surface area contributed by atoms with E-state index < -0.39 is 6.04 Å². The third kappa shape index (κ3) is 5.94. The van der Waals surface area contributed by atoms with Crippen LogP contribution >= 0.6 is 0 Å². The molecule has 1 heterocycles. The van der Waals surface area contributed by atoms with Crippen LogP contribution in [0.5, 0.6) is 0 Å². The van der Waals surface area contributed by atoms with Crippen molar-refractivity contribution in [3.8, 4) is 0 Å². The van der Waals surface area contributed by atoms with Crippen molar-refractivity contribution in [2.24, 2.45) is 11.8 Å². The second kappa shape index (κ2) is 7.76. The van der Waals surface area contributed by atoms with Gasteiger partial charge in [-0.15, -0.1) is 0 Å². The number of aromatic nitrogens is 1. The normalized spacial score (nSPS) is 12.3. The molecular weight excluding hydrogens is 266 g/mol. The molecule has 0 radical (unpaired) electrons. The van der Waals surface area contributed by atoms with Gasteiger partial charge in [-0.3, -0.25) is 9.59 Å². The molecule has 21 heavy (non-hydrogen) atoms. The fourth-order valence-corrected chi connectivity index (χ4v) is 1.88. The van der Waals surface area contributed by atoms with Crippen molar-refractivity contribution in [2.75, 3.05) is 5.32 Å². The van der Waals surface area contributed by atoms with Gasteiger partial charge in [-0.25, -0.2) is 4.98 Å². The molecule has 1 unspecified atom stereocenters. The number of amides is 2. The standard InChI is InChI=1S/C16H25N3O2/c1-10(2)8-14(20)19-15(11(3)4)16(21)18-13-7-6-12(5)9-17-13/h6-7,9-11,15H,8H2,1-5H3,(H,19,20)(H,17,18,21). The van der Waals surface area contributed by atoms with Crippen molar-refractivity contribution in [1.82, 2.24) is 10.3 Å². The van der Waals surface area contributed by atoms with Gasteiger partial charge in [0.25, 0.3) is 0 Å². The lowest BCUT2D eigenvalue weighted by molar-refractivity contribution is -0.127. The van der Waals surface area contributed by atoms with Gasteiger partial charge >= 0.3 is 0 Å². The minimum absolute atomic E-state index is 0.00607. The Morgan fingerprint density at radius 3 is 2.33 bits per heavy atom. The van der Waals surface area contributed by atoms with Crippen LogP contribution in [0.1, 0.15) is 39.7 Å². The van der Waals surface area contributed by atoms with E-state index in [0.29, 0.717) is 12.2 Å². The smallest absolute Gasteiger partial charge is 0.248 e. The Kier molecular flexibility index (Phi) is 6.34. The average molecular weight is 291 g/mol. The molecule has 0 bridgehead atoms. The van der Waals surface area contributed by atoms with Gasteiger partial charge in [-0.05, 0) is 30.4 Å². The summed E-state index contributed by atoms with van der Waals surface area (Å²) >= 11 is 0. The van der Waals surface area contributed by atoms with Gasteiger partial charge in [-0.1, -0.05) is 33.8 Å². The van der Waals surface area contributed by atoms with E-state index in [9.17, 15) is 9.59 Å². The van der Waals surface area contributed by atoms with E-state index in [1.165, 1.54) is 0 Å². The van der Waals surface area contributed by atoms with E-state index in [-0.39, 0.29) is 23.7 Å². The molecule has 0 spiro atoms. The number of hydrogen-bond donors (Lipinski definition) is 2. The SMILES string of the molecule is Cc1ccc(NC(=O)C(NC(=O)CC(C)C)C(C)C)nc1. The largest absolute Gasteiger partial charge is 0.344 e. The van der Waals surface area contributed by atoms with Gasteiger partial charge < -0.3 is 10.6 Å². The highest BCUT2D eigenvalue weighted by Crippen LogP contribution is 2.09. The average Bonchev–Trinajstić information content (AvgIpc) is 2.37. The molecule has 0 fully saturated rings. The number of nitrogens with one attached hydrogen (secondary N) is 2. The van der Waals surface area contributed by atoms with Crippen LogP contribution in [0.3, 0.4) is 0 Å². The predicted octanol–water partition coefficient (Wildman–Crippen LogP) is 2.52. The highest BCUT2D eigenvalue weighted by Gasteiger charge is 2.24. The van der Waals surface area contributed by atoms with Crippen LogP contribution in [0.4, 0.5) is 5.82 Å². The summed E-state index contributed by atoms with van der Waals surface area (Å²) in [6.07, 6.45) is 2.11. The lowest BCUT2D eigenvalue weighted by Gasteiger charge is -2.22. The Bertz CT molecular complexity index is 481. The minimum Gasteiger partial charge on any atom is -0.344 e. The van der Waals surface area contributed by atoms with Gasteiger partial charge in [0, 0.05) is 12.6 Å². The van der Waals surface area contributed by atoms with Crippen molar-refractivity contribution in [3.63, 3.8) is 0 Å². The minimum atomic E-state index is -0.556. The highest BCUT2D eigenvalue weighted by molar-refractivity contribution is 5.96. The van der Waals surface area contributed by atoms with Crippen LogP contribution in [-0.2, 0) is 9.59 Å². The van der Waals surface area contributed by atoms with Crippen LogP contribution in [0.25, 0.3) is 0 Å². The first-order valence-corrected chi connectivity index (χ1v) is 7.32. The summed E-state index contributed by atoms with van der Waals surface area (Å²) in [4.78, 5) is 28.3. The first-order chi connectivity index (χ1) is 9.79. The molecule has 0 aliphatic carbocycles. The summed E-state index contributed by atoms with van der Waals surface area (Å²) in [7, 11) is 0. The zero-order valence-electron chi connectivity index (χ0n) is 13.4. The van der Waals surface area contributed by atoms with E-state index in [0.717, 1.165) is 5.56 Å². The molecule has 5 nitrogen and oxygen atoms in total. The molecule has 0 saturated heterocycles. The van der Waals surface area contributed by atoms with Gasteiger partial charge in [0.15, 0.2) is 0 Å². The predicted molar refractivity (Wildman–Crippen MR) is 83.8 cm³/mol. The Labute approximate surface area is 126 Å². The third-order valence-electron chi connectivity index (χ3n) is 3.02. The fourth-order valence-electron chi connectivity index (χ4n) is 1.88. The molecule has 2 N–H and O–H groups in total. The number of anilines is 1. The zero-order valence-corrected chi connectivity index (χ0v) is 13.4. The number of hydrogen-bond acceptors (Lipinski definition) is 3. The fraction of sp³-hybridized carbons (Fsp3) is 0.562. The Hall–Kier alpha value is -1.91.